The number of carbonyl (C=O) groups is 1. The van der Waals surface area contributed by atoms with Gasteiger partial charge in [0.2, 0.25) is 5.91 Å². The zero-order valence-corrected chi connectivity index (χ0v) is 15.4. The third-order valence-corrected chi connectivity index (χ3v) is 7.90. The minimum atomic E-state index is -4.24. The summed E-state index contributed by atoms with van der Waals surface area (Å²) >= 11 is 5.85. The maximum atomic E-state index is 14.8. The van der Waals surface area contributed by atoms with Gasteiger partial charge in [-0.25, -0.2) is 17.2 Å². The SMILES string of the molecule is O=C1CC[C@]2(S(=O)(=O)c3ccc(Cl)cc3)c3c(F)ccc(F)c3OC[C@@H]2N1. The molecule has 0 radical (unpaired) electrons. The Morgan fingerprint density at radius 2 is 1.78 bits per heavy atom. The first-order valence-corrected chi connectivity index (χ1v) is 10.0. The molecule has 1 amide bonds. The molecule has 142 valence electrons. The Bertz CT molecular complexity index is 1040. The lowest BCUT2D eigenvalue weighted by molar-refractivity contribution is -0.124. The number of ether oxygens (including phenoxy) is 1. The van der Waals surface area contributed by atoms with Gasteiger partial charge in [-0.05, 0) is 42.8 Å². The van der Waals surface area contributed by atoms with Crippen LogP contribution in [0, 0.1) is 11.6 Å². The molecule has 0 aliphatic carbocycles. The molecule has 0 aromatic heterocycles. The van der Waals surface area contributed by atoms with Crippen LogP contribution in [0.1, 0.15) is 18.4 Å². The summed E-state index contributed by atoms with van der Waals surface area (Å²) in [4.78, 5) is 11.8. The topological polar surface area (TPSA) is 72.5 Å². The van der Waals surface area contributed by atoms with Crippen LogP contribution >= 0.6 is 11.6 Å². The average molecular weight is 414 g/mol. The van der Waals surface area contributed by atoms with Gasteiger partial charge in [0.05, 0.1) is 16.5 Å². The van der Waals surface area contributed by atoms with Crippen LogP contribution in [-0.2, 0) is 19.4 Å². The third-order valence-electron chi connectivity index (χ3n) is 5.10. The van der Waals surface area contributed by atoms with Crippen molar-refractivity contribution in [3.63, 3.8) is 0 Å². The second-order valence-corrected chi connectivity index (χ2v) is 9.15. The Morgan fingerprint density at radius 3 is 2.48 bits per heavy atom. The second-order valence-electron chi connectivity index (χ2n) is 6.51. The van der Waals surface area contributed by atoms with Crippen molar-refractivity contribution >= 4 is 27.3 Å². The number of piperidine rings is 1. The Hall–Kier alpha value is -2.19. The summed E-state index contributed by atoms with van der Waals surface area (Å²) in [6.45, 7) is -0.286. The quantitative estimate of drug-likeness (QED) is 0.821. The minimum absolute atomic E-state index is 0.0930. The summed E-state index contributed by atoms with van der Waals surface area (Å²) in [7, 11) is -4.24. The van der Waals surface area contributed by atoms with E-state index in [1.807, 2.05) is 0 Å². The highest BCUT2D eigenvalue weighted by atomic mass is 35.5. The van der Waals surface area contributed by atoms with Crippen LogP contribution in [-0.4, -0.2) is 27.0 Å². The number of rotatable bonds is 2. The molecule has 2 atom stereocenters. The molecule has 4 rings (SSSR count). The van der Waals surface area contributed by atoms with Crippen LogP contribution in [0.25, 0.3) is 0 Å². The normalized spacial score (nSPS) is 24.4. The lowest BCUT2D eigenvalue weighted by Gasteiger charge is -2.46. The summed E-state index contributed by atoms with van der Waals surface area (Å²) in [5.41, 5.74) is -0.381. The van der Waals surface area contributed by atoms with Gasteiger partial charge in [-0.15, -0.1) is 0 Å². The molecule has 2 aliphatic rings. The highest BCUT2D eigenvalue weighted by molar-refractivity contribution is 7.92. The van der Waals surface area contributed by atoms with Gasteiger partial charge in [0.1, 0.15) is 17.2 Å². The van der Waals surface area contributed by atoms with E-state index in [0.717, 1.165) is 12.1 Å². The fourth-order valence-electron chi connectivity index (χ4n) is 3.85. The van der Waals surface area contributed by atoms with Crippen molar-refractivity contribution in [2.45, 2.75) is 28.5 Å². The molecular formula is C18H14ClF2NO4S. The van der Waals surface area contributed by atoms with E-state index in [4.69, 9.17) is 16.3 Å². The monoisotopic (exact) mass is 413 g/mol. The van der Waals surface area contributed by atoms with Crippen molar-refractivity contribution in [2.75, 3.05) is 6.61 Å². The summed E-state index contributed by atoms with van der Waals surface area (Å²) in [5.74, 6) is -2.55. The van der Waals surface area contributed by atoms with E-state index in [9.17, 15) is 22.0 Å². The van der Waals surface area contributed by atoms with Crippen LogP contribution in [0.15, 0.2) is 41.3 Å². The number of hydrogen-bond acceptors (Lipinski definition) is 4. The predicted octanol–water partition coefficient (Wildman–Crippen LogP) is 2.96. The average Bonchev–Trinajstić information content (AvgIpc) is 2.64. The van der Waals surface area contributed by atoms with Gasteiger partial charge in [0, 0.05) is 11.4 Å². The van der Waals surface area contributed by atoms with Gasteiger partial charge in [-0.3, -0.25) is 4.79 Å². The minimum Gasteiger partial charge on any atom is -0.488 e. The molecule has 1 N–H and O–H groups in total. The summed E-state index contributed by atoms with van der Waals surface area (Å²) in [5, 5.41) is 2.91. The smallest absolute Gasteiger partial charge is 0.220 e. The Kier molecular flexibility index (Phi) is 4.16. The van der Waals surface area contributed by atoms with Crippen molar-refractivity contribution in [2.24, 2.45) is 0 Å². The fraction of sp³-hybridized carbons (Fsp3) is 0.278. The number of nitrogens with one attached hydrogen (secondary N) is 1. The van der Waals surface area contributed by atoms with Gasteiger partial charge >= 0.3 is 0 Å². The van der Waals surface area contributed by atoms with Gasteiger partial charge in [0.15, 0.2) is 21.4 Å². The maximum Gasteiger partial charge on any atom is 0.220 e. The number of benzene rings is 2. The summed E-state index contributed by atoms with van der Waals surface area (Å²) < 4.78 is 59.9. The largest absolute Gasteiger partial charge is 0.488 e. The first-order chi connectivity index (χ1) is 12.8. The van der Waals surface area contributed by atoms with Crippen molar-refractivity contribution in [3.05, 3.63) is 58.6 Å². The van der Waals surface area contributed by atoms with Gasteiger partial charge < -0.3 is 10.1 Å². The van der Waals surface area contributed by atoms with Gasteiger partial charge in [0.25, 0.3) is 0 Å². The molecule has 1 saturated heterocycles. The molecule has 0 unspecified atom stereocenters. The van der Waals surface area contributed by atoms with E-state index < -0.39 is 38.0 Å². The molecule has 1 fully saturated rings. The highest BCUT2D eigenvalue weighted by Crippen LogP contribution is 2.51. The van der Waals surface area contributed by atoms with E-state index in [2.05, 4.69) is 5.32 Å². The van der Waals surface area contributed by atoms with E-state index >= 15 is 0 Å². The molecule has 2 aromatic rings. The zero-order valence-electron chi connectivity index (χ0n) is 13.8. The van der Waals surface area contributed by atoms with Crippen LogP contribution in [0.5, 0.6) is 5.75 Å². The van der Waals surface area contributed by atoms with Crippen molar-refractivity contribution in [1.29, 1.82) is 0 Å². The zero-order chi connectivity index (χ0) is 19.4. The van der Waals surface area contributed by atoms with Crippen LogP contribution in [0.3, 0.4) is 0 Å². The summed E-state index contributed by atoms with van der Waals surface area (Å²) in [6.07, 6.45) is -0.329. The van der Waals surface area contributed by atoms with E-state index in [1.165, 1.54) is 24.3 Å². The molecular weight excluding hydrogens is 400 g/mol. The van der Waals surface area contributed by atoms with E-state index in [0.29, 0.717) is 5.02 Å². The molecule has 0 saturated carbocycles. The van der Waals surface area contributed by atoms with E-state index in [1.54, 1.807) is 0 Å². The first kappa shape index (κ1) is 18.2. The second kappa shape index (κ2) is 6.17. The number of hydrogen-bond donors (Lipinski definition) is 1. The van der Waals surface area contributed by atoms with Gasteiger partial charge in [-0.2, -0.15) is 0 Å². The molecule has 27 heavy (non-hydrogen) atoms. The standard InChI is InChI=1S/C18H14ClF2NO4S/c19-10-1-3-11(4-2-10)27(24,25)18-8-7-15(23)22-14(18)9-26-17-13(21)6-5-12(20)16(17)18/h1-6,14H,7-9H2,(H,22,23)/t14-,18+/m0/s1. The number of carbonyl (C=O) groups excluding carboxylic acids is 1. The molecule has 0 spiro atoms. The number of halogens is 3. The van der Waals surface area contributed by atoms with Gasteiger partial charge in [-0.1, -0.05) is 11.6 Å². The molecule has 9 heteroatoms. The Balaban J connectivity index is 2.03. The third kappa shape index (κ3) is 2.54. The number of amides is 1. The predicted molar refractivity (Wildman–Crippen MR) is 93.3 cm³/mol. The fourth-order valence-corrected chi connectivity index (χ4v) is 6.22. The number of fused-ring (bicyclic) bond motifs is 3. The molecule has 2 aromatic carbocycles. The number of sulfone groups is 1. The van der Waals surface area contributed by atoms with Crippen LogP contribution in [0.2, 0.25) is 5.02 Å². The highest BCUT2D eigenvalue weighted by Gasteiger charge is 2.60. The molecule has 5 nitrogen and oxygen atoms in total. The van der Waals surface area contributed by atoms with E-state index in [-0.39, 0.29) is 35.8 Å². The molecule has 2 aliphatic heterocycles. The molecule has 0 bridgehead atoms. The maximum absolute atomic E-state index is 14.8. The van der Waals surface area contributed by atoms with Crippen molar-refractivity contribution in [1.82, 2.24) is 5.32 Å². The molecule has 2 heterocycles. The lowest BCUT2D eigenvalue weighted by atomic mass is 9.81. The van der Waals surface area contributed by atoms with Crippen molar-refractivity contribution in [3.8, 4) is 5.75 Å². The Labute approximate surface area is 159 Å². The summed E-state index contributed by atoms with van der Waals surface area (Å²) in [6, 6.07) is 6.14. The Morgan fingerprint density at radius 1 is 1.11 bits per heavy atom. The van der Waals surface area contributed by atoms with Crippen molar-refractivity contribution < 1.29 is 26.7 Å². The first-order valence-electron chi connectivity index (χ1n) is 8.18. The lowest BCUT2D eigenvalue weighted by Crippen LogP contribution is -2.63. The van der Waals surface area contributed by atoms with Crippen LogP contribution < -0.4 is 10.1 Å². The van der Waals surface area contributed by atoms with Crippen LogP contribution in [0.4, 0.5) is 8.78 Å².